The number of halogens is 2. The zero-order valence-corrected chi connectivity index (χ0v) is 10.6. The number of thioether (sulfide) groups is 1. The molecule has 1 aromatic heterocycles. The molecular formula is C9H10BrClN2S. The quantitative estimate of drug-likeness (QED) is 0.846. The fourth-order valence-corrected chi connectivity index (χ4v) is 2.99. The van der Waals surface area contributed by atoms with Crippen molar-refractivity contribution >= 4 is 45.0 Å². The van der Waals surface area contributed by atoms with Crippen LogP contribution in [0.3, 0.4) is 0 Å². The minimum atomic E-state index is 0.511. The van der Waals surface area contributed by atoms with Gasteiger partial charge in [-0.3, -0.25) is 0 Å². The third kappa shape index (κ3) is 2.55. The average molecular weight is 294 g/mol. The molecule has 1 aliphatic rings. The molecule has 1 unspecified atom stereocenters. The lowest BCUT2D eigenvalue weighted by atomic mass is 10.2. The van der Waals surface area contributed by atoms with Crippen LogP contribution in [0.2, 0.25) is 5.15 Å². The van der Waals surface area contributed by atoms with Crippen LogP contribution in [-0.2, 0) is 0 Å². The highest BCUT2D eigenvalue weighted by Crippen LogP contribution is 2.25. The molecule has 1 atom stereocenters. The van der Waals surface area contributed by atoms with Crippen molar-refractivity contribution in [3.63, 3.8) is 0 Å². The molecule has 0 aromatic carbocycles. The first-order chi connectivity index (χ1) is 6.75. The lowest BCUT2D eigenvalue weighted by Crippen LogP contribution is -2.18. The molecule has 2 heterocycles. The van der Waals surface area contributed by atoms with E-state index in [2.05, 4.69) is 26.2 Å². The Balaban J connectivity index is 2.05. The van der Waals surface area contributed by atoms with Crippen LogP contribution in [0.4, 0.5) is 5.69 Å². The Bertz CT molecular complexity index is 329. The maximum atomic E-state index is 5.81. The topological polar surface area (TPSA) is 24.9 Å². The van der Waals surface area contributed by atoms with E-state index in [9.17, 15) is 0 Å². The summed E-state index contributed by atoms with van der Waals surface area (Å²) in [5.41, 5.74) is 1.04. The van der Waals surface area contributed by atoms with Gasteiger partial charge in [0.15, 0.2) is 0 Å². The first kappa shape index (κ1) is 10.6. The number of anilines is 1. The normalized spacial score (nSPS) is 21.1. The van der Waals surface area contributed by atoms with Gasteiger partial charge in [-0.1, -0.05) is 11.6 Å². The summed E-state index contributed by atoms with van der Waals surface area (Å²) in [5.74, 6) is 2.43. The van der Waals surface area contributed by atoms with E-state index in [0.717, 1.165) is 10.2 Å². The van der Waals surface area contributed by atoms with E-state index in [1.165, 1.54) is 17.9 Å². The fourth-order valence-electron chi connectivity index (χ4n) is 1.38. The highest BCUT2D eigenvalue weighted by atomic mass is 79.9. The number of nitrogens with one attached hydrogen (secondary N) is 1. The van der Waals surface area contributed by atoms with Crippen molar-refractivity contribution in [2.45, 2.75) is 12.5 Å². The molecule has 2 nitrogen and oxygen atoms in total. The number of hydrogen-bond donors (Lipinski definition) is 1. The minimum Gasteiger partial charge on any atom is -0.380 e. The van der Waals surface area contributed by atoms with E-state index < -0.39 is 0 Å². The van der Waals surface area contributed by atoms with E-state index in [4.69, 9.17) is 11.6 Å². The van der Waals surface area contributed by atoms with E-state index in [1.54, 1.807) is 6.20 Å². The molecule has 0 amide bonds. The summed E-state index contributed by atoms with van der Waals surface area (Å²) in [6.45, 7) is 0. The van der Waals surface area contributed by atoms with E-state index in [1.807, 2.05) is 17.8 Å². The highest BCUT2D eigenvalue weighted by molar-refractivity contribution is 9.10. The zero-order valence-electron chi connectivity index (χ0n) is 7.46. The van der Waals surface area contributed by atoms with Crippen LogP contribution in [0.15, 0.2) is 16.7 Å². The van der Waals surface area contributed by atoms with Gasteiger partial charge >= 0.3 is 0 Å². The standard InChI is InChI=1S/C9H10BrClN2S/c10-8-3-7(4-12-9(8)11)13-6-1-2-14-5-6/h3-4,6,13H,1-2,5H2. The summed E-state index contributed by atoms with van der Waals surface area (Å²) in [4.78, 5) is 4.07. The molecule has 0 saturated carbocycles. The van der Waals surface area contributed by atoms with Gasteiger partial charge in [0.25, 0.3) is 0 Å². The molecule has 0 bridgehead atoms. The molecule has 2 rings (SSSR count). The first-order valence-electron chi connectivity index (χ1n) is 4.41. The predicted molar refractivity (Wildman–Crippen MR) is 66.3 cm³/mol. The Morgan fingerprint density at radius 3 is 3.14 bits per heavy atom. The van der Waals surface area contributed by atoms with Crippen LogP contribution >= 0.6 is 39.3 Å². The Hall–Kier alpha value is 0.0700. The van der Waals surface area contributed by atoms with Gasteiger partial charge in [-0.25, -0.2) is 4.98 Å². The lowest BCUT2D eigenvalue weighted by Gasteiger charge is -2.12. The number of hydrogen-bond acceptors (Lipinski definition) is 3. The van der Waals surface area contributed by atoms with Crippen molar-refractivity contribution in [1.29, 1.82) is 0 Å². The highest BCUT2D eigenvalue weighted by Gasteiger charge is 2.15. The van der Waals surface area contributed by atoms with E-state index in [-0.39, 0.29) is 0 Å². The van der Waals surface area contributed by atoms with Crippen LogP contribution in [0.1, 0.15) is 6.42 Å². The number of nitrogens with zero attached hydrogens (tertiary/aromatic N) is 1. The number of pyridine rings is 1. The van der Waals surface area contributed by atoms with Crippen molar-refractivity contribution in [3.8, 4) is 0 Å². The lowest BCUT2D eigenvalue weighted by molar-refractivity contribution is 0.812. The van der Waals surface area contributed by atoms with Crippen LogP contribution in [0, 0.1) is 0 Å². The maximum absolute atomic E-state index is 5.81. The average Bonchev–Trinajstić information content (AvgIpc) is 2.64. The summed E-state index contributed by atoms with van der Waals surface area (Å²) in [7, 11) is 0. The third-order valence-electron chi connectivity index (χ3n) is 2.10. The Morgan fingerprint density at radius 1 is 1.64 bits per heavy atom. The molecule has 1 N–H and O–H groups in total. The van der Waals surface area contributed by atoms with Crippen molar-refractivity contribution in [3.05, 3.63) is 21.9 Å². The van der Waals surface area contributed by atoms with Gasteiger partial charge in [0.1, 0.15) is 5.15 Å². The summed E-state index contributed by atoms with van der Waals surface area (Å²) in [6.07, 6.45) is 3.00. The smallest absolute Gasteiger partial charge is 0.143 e. The van der Waals surface area contributed by atoms with Gasteiger partial charge in [-0.15, -0.1) is 0 Å². The van der Waals surface area contributed by atoms with Gasteiger partial charge in [0.2, 0.25) is 0 Å². The molecule has 1 aliphatic heterocycles. The maximum Gasteiger partial charge on any atom is 0.143 e. The summed E-state index contributed by atoms with van der Waals surface area (Å²) in [6, 6.07) is 2.55. The van der Waals surface area contributed by atoms with Gasteiger partial charge < -0.3 is 5.32 Å². The molecule has 0 spiro atoms. The second-order valence-electron chi connectivity index (χ2n) is 3.20. The van der Waals surface area contributed by atoms with Crippen LogP contribution < -0.4 is 5.32 Å². The fraction of sp³-hybridized carbons (Fsp3) is 0.444. The zero-order chi connectivity index (χ0) is 9.97. The molecular weight excluding hydrogens is 284 g/mol. The SMILES string of the molecule is Clc1ncc(NC2CCSC2)cc1Br. The largest absolute Gasteiger partial charge is 0.380 e. The van der Waals surface area contributed by atoms with Gasteiger partial charge in [-0.2, -0.15) is 11.8 Å². The van der Waals surface area contributed by atoms with Gasteiger partial charge in [0, 0.05) is 11.8 Å². The monoisotopic (exact) mass is 292 g/mol. The molecule has 0 aliphatic carbocycles. The van der Waals surface area contributed by atoms with E-state index in [0.29, 0.717) is 11.2 Å². The van der Waals surface area contributed by atoms with Crippen molar-refractivity contribution < 1.29 is 0 Å². The molecule has 0 radical (unpaired) electrons. The van der Waals surface area contributed by atoms with Crippen LogP contribution in [0.25, 0.3) is 0 Å². The van der Waals surface area contributed by atoms with Crippen molar-refractivity contribution in [2.24, 2.45) is 0 Å². The minimum absolute atomic E-state index is 0.511. The van der Waals surface area contributed by atoms with E-state index >= 15 is 0 Å². The third-order valence-corrected chi connectivity index (χ3v) is 4.39. The van der Waals surface area contributed by atoms with Crippen molar-refractivity contribution in [1.82, 2.24) is 4.98 Å². The molecule has 14 heavy (non-hydrogen) atoms. The Labute approximate surface area is 101 Å². The van der Waals surface area contributed by atoms with Crippen molar-refractivity contribution in [2.75, 3.05) is 16.8 Å². The first-order valence-corrected chi connectivity index (χ1v) is 6.73. The summed E-state index contributed by atoms with van der Waals surface area (Å²) >= 11 is 11.2. The molecule has 5 heteroatoms. The Morgan fingerprint density at radius 2 is 2.50 bits per heavy atom. The number of rotatable bonds is 2. The Kier molecular flexibility index (Phi) is 3.57. The summed E-state index contributed by atoms with van der Waals surface area (Å²) < 4.78 is 0.842. The van der Waals surface area contributed by atoms with Crippen LogP contribution in [0.5, 0.6) is 0 Å². The second kappa shape index (κ2) is 4.73. The predicted octanol–water partition coefficient (Wildman–Crippen LogP) is 3.41. The summed E-state index contributed by atoms with van der Waals surface area (Å²) in [5, 5.41) is 3.95. The van der Waals surface area contributed by atoms with Crippen LogP contribution in [-0.4, -0.2) is 22.5 Å². The molecule has 1 fully saturated rings. The van der Waals surface area contributed by atoms with Gasteiger partial charge in [-0.05, 0) is 34.2 Å². The molecule has 76 valence electrons. The second-order valence-corrected chi connectivity index (χ2v) is 5.56. The number of aromatic nitrogens is 1. The molecule has 1 aromatic rings. The van der Waals surface area contributed by atoms with Gasteiger partial charge in [0.05, 0.1) is 16.4 Å². The molecule has 1 saturated heterocycles.